The Kier molecular flexibility index (Phi) is 8.11. The first-order valence-corrected chi connectivity index (χ1v) is 12.2. The van der Waals surface area contributed by atoms with E-state index in [4.69, 9.17) is 4.74 Å². The normalized spacial score (nSPS) is 14.0. The first kappa shape index (κ1) is 23.7. The fraction of sp³-hybridized carbons (Fsp3) is 0.320. The maximum atomic E-state index is 12.9. The fourth-order valence-electron chi connectivity index (χ4n) is 3.81. The largest absolute Gasteiger partial charge is 0.495 e. The topological polar surface area (TPSA) is 86.8 Å². The van der Waals surface area contributed by atoms with Gasteiger partial charge in [-0.3, -0.25) is 14.5 Å². The molecule has 34 heavy (non-hydrogen) atoms. The number of benzene rings is 2. The van der Waals surface area contributed by atoms with E-state index in [-0.39, 0.29) is 11.8 Å². The third-order valence-corrected chi connectivity index (χ3v) is 6.43. The van der Waals surface area contributed by atoms with Crippen molar-refractivity contribution in [2.75, 3.05) is 51.7 Å². The summed E-state index contributed by atoms with van der Waals surface area (Å²) in [6, 6.07) is 17.7. The van der Waals surface area contributed by atoms with Gasteiger partial charge in [0.05, 0.1) is 19.3 Å². The standard InChI is InChI=1S/C25H29N5O3S/c1-33-22-10-6-5-9-20(22)27-25-28-21(18-34-25)24(32)30-15-13-29(14-16-30)17-23(31)26-12-11-19-7-3-2-4-8-19/h2-10,18H,11-17H2,1H3,(H,26,31)(H,27,28). The Balaban J connectivity index is 1.21. The third-order valence-electron chi connectivity index (χ3n) is 5.68. The summed E-state index contributed by atoms with van der Waals surface area (Å²) in [5.74, 6) is 0.643. The first-order valence-electron chi connectivity index (χ1n) is 11.3. The van der Waals surface area contributed by atoms with Gasteiger partial charge in [0, 0.05) is 38.1 Å². The van der Waals surface area contributed by atoms with Crippen molar-refractivity contribution < 1.29 is 14.3 Å². The molecule has 3 aromatic rings. The van der Waals surface area contributed by atoms with Crippen LogP contribution in [-0.4, -0.2) is 73.0 Å². The highest BCUT2D eigenvalue weighted by Crippen LogP contribution is 2.28. The minimum atomic E-state index is -0.0868. The van der Waals surface area contributed by atoms with E-state index in [1.807, 2.05) is 42.5 Å². The van der Waals surface area contributed by atoms with Crippen molar-refractivity contribution in [2.24, 2.45) is 0 Å². The highest BCUT2D eigenvalue weighted by atomic mass is 32.1. The molecule has 0 radical (unpaired) electrons. The molecule has 2 aromatic carbocycles. The zero-order valence-corrected chi connectivity index (χ0v) is 20.0. The molecule has 2 N–H and O–H groups in total. The van der Waals surface area contributed by atoms with E-state index in [0.717, 1.165) is 12.1 Å². The van der Waals surface area contributed by atoms with Gasteiger partial charge in [-0.25, -0.2) is 4.98 Å². The average molecular weight is 480 g/mol. The summed E-state index contributed by atoms with van der Waals surface area (Å²) in [7, 11) is 1.62. The smallest absolute Gasteiger partial charge is 0.273 e. The molecule has 1 aromatic heterocycles. The number of amides is 2. The number of aromatic nitrogens is 1. The lowest BCUT2D eigenvalue weighted by Gasteiger charge is -2.33. The van der Waals surface area contributed by atoms with Crippen LogP contribution >= 0.6 is 11.3 Å². The van der Waals surface area contributed by atoms with Crippen LogP contribution in [0.15, 0.2) is 60.0 Å². The van der Waals surface area contributed by atoms with Gasteiger partial charge in [0.25, 0.3) is 5.91 Å². The predicted octanol–water partition coefficient (Wildman–Crippen LogP) is 3.01. The van der Waals surface area contributed by atoms with Crippen molar-refractivity contribution in [1.29, 1.82) is 0 Å². The molecule has 0 aliphatic carbocycles. The Bertz CT molecular complexity index is 1100. The van der Waals surface area contributed by atoms with Gasteiger partial charge < -0.3 is 20.3 Å². The van der Waals surface area contributed by atoms with Crippen LogP contribution in [0.2, 0.25) is 0 Å². The summed E-state index contributed by atoms with van der Waals surface area (Å²) in [4.78, 5) is 33.5. The SMILES string of the molecule is COc1ccccc1Nc1nc(C(=O)N2CCN(CC(=O)NCCc3ccccc3)CC2)cs1. The molecular weight excluding hydrogens is 450 g/mol. The highest BCUT2D eigenvalue weighted by molar-refractivity contribution is 7.14. The van der Waals surface area contributed by atoms with Gasteiger partial charge in [-0.2, -0.15) is 0 Å². The van der Waals surface area contributed by atoms with Gasteiger partial charge in [-0.05, 0) is 24.1 Å². The minimum Gasteiger partial charge on any atom is -0.495 e. The molecule has 8 nitrogen and oxygen atoms in total. The zero-order chi connectivity index (χ0) is 23.8. The molecule has 0 spiro atoms. The Labute approximate surface area is 203 Å². The third kappa shape index (κ3) is 6.33. The number of para-hydroxylation sites is 2. The number of nitrogens with one attached hydrogen (secondary N) is 2. The quantitative estimate of drug-likeness (QED) is 0.491. The molecule has 2 heterocycles. The van der Waals surface area contributed by atoms with E-state index in [2.05, 4.69) is 32.7 Å². The van der Waals surface area contributed by atoms with Crippen LogP contribution in [0.25, 0.3) is 0 Å². The number of rotatable bonds is 9. The van der Waals surface area contributed by atoms with Gasteiger partial charge in [-0.15, -0.1) is 11.3 Å². The minimum absolute atomic E-state index is 0.0160. The lowest BCUT2D eigenvalue weighted by Crippen LogP contribution is -2.51. The van der Waals surface area contributed by atoms with E-state index in [1.54, 1.807) is 17.4 Å². The number of hydrogen-bond acceptors (Lipinski definition) is 7. The molecule has 1 saturated heterocycles. The summed E-state index contributed by atoms with van der Waals surface area (Å²) >= 11 is 1.38. The number of methoxy groups -OCH3 is 1. The van der Waals surface area contributed by atoms with Crippen molar-refractivity contribution in [3.63, 3.8) is 0 Å². The van der Waals surface area contributed by atoms with Crippen molar-refractivity contribution >= 4 is 34.0 Å². The zero-order valence-electron chi connectivity index (χ0n) is 19.2. The van der Waals surface area contributed by atoms with E-state index in [1.165, 1.54) is 16.9 Å². The van der Waals surface area contributed by atoms with Crippen LogP contribution in [0, 0.1) is 0 Å². The summed E-state index contributed by atoms with van der Waals surface area (Å²) in [5.41, 5.74) is 2.43. The molecule has 178 valence electrons. The molecule has 2 amide bonds. The lowest BCUT2D eigenvalue weighted by molar-refractivity contribution is -0.122. The van der Waals surface area contributed by atoms with E-state index < -0.39 is 0 Å². The summed E-state index contributed by atoms with van der Waals surface area (Å²) in [5, 5.41) is 8.61. The van der Waals surface area contributed by atoms with Crippen LogP contribution < -0.4 is 15.4 Å². The second kappa shape index (κ2) is 11.6. The molecule has 1 aliphatic heterocycles. The second-order valence-electron chi connectivity index (χ2n) is 8.02. The number of carbonyl (C=O) groups is 2. The van der Waals surface area contributed by atoms with Gasteiger partial charge in [0.15, 0.2) is 5.13 Å². The van der Waals surface area contributed by atoms with Crippen LogP contribution in [0.5, 0.6) is 5.75 Å². The van der Waals surface area contributed by atoms with E-state index in [0.29, 0.717) is 55.8 Å². The molecule has 0 unspecified atom stereocenters. The van der Waals surface area contributed by atoms with Gasteiger partial charge in [0.1, 0.15) is 11.4 Å². The Morgan fingerprint density at radius 3 is 2.53 bits per heavy atom. The molecule has 9 heteroatoms. The molecule has 1 aliphatic rings. The van der Waals surface area contributed by atoms with E-state index in [9.17, 15) is 9.59 Å². The highest BCUT2D eigenvalue weighted by Gasteiger charge is 2.25. The van der Waals surface area contributed by atoms with Crippen molar-refractivity contribution in [2.45, 2.75) is 6.42 Å². The number of piperazine rings is 1. The van der Waals surface area contributed by atoms with Gasteiger partial charge in [0.2, 0.25) is 5.91 Å². The Hall–Kier alpha value is -3.43. The van der Waals surface area contributed by atoms with Crippen molar-refractivity contribution in [3.8, 4) is 5.75 Å². The molecule has 1 fully saturated rings. The number of nitrogens with zero attached hydrogens (tertiary/aromatic N) is 3. The van der Waals surface area contributed by atoms with Gasteiger partial charge >= 0.3 is 0 Å². The van der Waals surface area contributed by atoms with Crippen molar-refractivity contribution in [3.05, 3.63) is 71.2 Å². The van der Waals surface area contributed by atoms with Crippen LogP contribution in [0.1, 0.15) is 16.1 Å². The van der Waals surface area contributed by atoms with Crippen LogP contribution in [0.3, 0.4) is 0 Å². The summed E-state index contributed by atoms with van der Waals surface area (Å²) in [6.45, 7) is 3.44. The van der Waals surface area contributed by atoms with Gasteiger partial charge in [-0.1, -0.05) is 42.5 Å². The lowest BCUT2D eigenvalue weighted by atomic mass is 10.1. The van der Waals surface area contributed by atoms with Crippen molar-refractivity contribution in [1.82, 2.24) is 20.1 Å². The predicted molar refractivity (Wildman–Crippen MR) is 134 cm³/mol. The average Bonchev–Trinajstić information content (AvgIpc) is 3.33. The summed E-state index contributed by atoms with van der Waals surface area (Å²) in [6.07, 6.45) is 0.816. The number of hydrogen-bond donors (Lipinski definition) is 2. The van der Waals surface area contributed by atoms with Crippen LogP contribution in [0.4, 0.5) is 10.8 Å². The monoisotopic (exact) mass is 479 g/mol. The molecule has 4 rings (SSSR count). The number of carbonyl (C=O) groups excluding carboxylic acids is 2. The molecule has 0 atom stereocenters. The molecular formula is C25H29N5O3S. The molecule has 0 saturated carbocycles. The summed E-state index contributed by atoms with van der Waals surface area (Å²) < 4.78 is 5.35. The van der Waals surface area contributed by atoms with E-state index >= 15 is 0 Å². The fourth-order valence-corrected chi connectivity index (χ4v) is 4.51. The molecule has 0 bridgehead atoms. The van der Waals surface area contributed by atoms with Crippen LogP contribution in [-0.2, 0) is 11.2 Å². The Morgan fingerprint density at radius 2 is 1.76 bits per heavy atom. The Morgan fingerprint density at radius 1 is 1.03 bits per heavy atom. The maximum Gasteiger partial charge on any atom is 0.273 e. The second-order valence-corrected chi connectivity index (χ2v) is 8.88. The number of ether oxygens (including phenoxy) is 1. The maximum absolute atomic E-state index is 12.9. The number of thiazole rings is 1. The number of anilines is 2. The first-order chi connectivity index (χ1) is 16.6.